The van der Waals surface area contributed by atoms with E-state index in [0.29, 0.717) is 7.56 Å². The second kappa shape index (κ2) is 3.52. The van der Waals surface area contributed by atoms with Gasteiger partial charge in [-0.05, 0) is 24.3 Å². The number of aromatic nitrogens is 2. The Bertz CT molecular complexity index is 307. The van der Waals surface area contributed by atoms with Gasteiger partial charge in [-0.3, -0.25) is 0 Å². The molecule has 0 aliphatic heterocycles. The summed E-state index contributed by atoms with van der Waals surface area (Å²) >= 11 is 0. The van der Waals surface area contributed by atoms with Crippen LogP contribution < -0.4 is 0 Å². The minimum Gasteiger partial charge on any atom is -0.338 e. The molecule has 2 nitrogen and oxygen atoms in total. The molecule has 0 aliphatic carbocycles. The van der Waals surface area contributed by atoms with Crippen LogP contribution in [0.15, 0.2) is 49.1 Å². The van der Waals surface area contributed by atoms with Crippen LogP contribution in [0.1, 0.15) is 6.07 Å². The summed E-state index contributed by atoms with van der Waals surface area (Å²) in [6, 6.07) is 7.13. The monoisotopic (exact) mass is 175 g/mol. The zero-order chi connectivity index (χ0) is 9.10. The Morgan fingerprint density at radius 3 is 1.54 bits per heavy atom. The molecule has 0 amide bonds. The molecule has 2 aromatic rings. The van der Waals surface area contributed by atoms with Gasteiger partial charge in [-0.25, -0.2) is 0 Å². The molecule has 0 aromatic carbocycles. The van der Waals surface area contributed by atoms with Crippen molar-refractivity contribution in [3.63, 3.8) is 0 Å². The molecule has 0 aliphatic rings. The van der Waals surface area contributed by atoms with E-state index < -0.39 is 0 Å². The summed E-state index contributed by atoms with van der Waals surface area (Å²) in [7, 11) is 0.667. The maximum absolute atomic E-state index is 12.6. The molecule has 0 saturated heterocycles. The third-order valence-corrected chi connectivity index (χ3v) is 1.98. The van der Waals surface area contributed by atoms with Gasteiger partial charge in [0.2, 0.25) is 0 Å². The lowest BCUT2D eigenvalue weighted by Crippen LogP contribution is -2.19. The molecule has 0 fully saturated rings. The van der Waals surface area contributed by atoms with Gasteiger partial charge in [0.1, 0.15) is 6.07 Å². The highest BCUT2D eigenvalue weighted by atomic mass is 19.1. The summed E-state index contributed by atoms with van der Waals surface area (Å²) in [5.41, 5.74) is 0. The van der Waals surface area contributed by atoms with E-state index in [4.69, 9.17) is 0 Å². The van der Waals surface area contributed by atoms with Crippen LogP contribution in [-0.4, -0.2) is 16.7 Å². The maximum Gasteiger partial charge on any atom is 0.404 e. The lowest BCUT2D eigenvalue weighted by molar-refractivity contribution is 0.547. The maximum atomic E-state index is 12.6. The van der Waals surface area contributed by atoms with Crippen molar-refractivity contribution in [1.29, 1.82) is 0 Å². The zero-order valence-corrected chi connectivity index (χ0v) is 7.05. The average Bonchev–Trinajstić information content (AvgIpc) is 2.76. The standard InChI is InChI=1S/C9H9BFN2/c11-10-9(12-5-1-2-6-12)13-7-3-4-8-13/h1-9H. The van der Waals surface area contributed by atoms with Crippen LogP contribution in [0.5, 0.6) is 0 Å². The van der Waals surface area contributed by atoms with Gasteiger partial charge < -0.3 is 13.4 Å². The van der Waals surface area contributed by atoms with E-state index >= 15 is 0 Å². The first-order valence-electron chi connectivity index (χ1n) is 4.10. The number of hydrogen-bond donors (Lipinski definition) is 0. The number of halogens is 1. The molecule has 1 radical (unpaired) electrons. The Kier molecular flexibility index (Phi) is 2.21. The highest BCUT2D eigenvalue weighted by Gasteiger charge is 2.12. The van der Waals surface area contributed by atoms with Gasteiger partial charge >= 0.3 is 7.56 Å². The fourth-order valence-corrected chi connectivity index (χ4v) is 1.33. The van der Waals surface area contributed by atoms with Gasteiger partial charge in [0.25, 0.3) is 0 Å². The van der Waals surface area contributed by atoms with E-state index in [1.54, 1.807) is 9.13 Å². The van der Waals surface area contributed by atoms with E-state index in [1.807, 2.05) is 49.1 Å². The second-order valence-electron chi connectivity index (χ2n) is 2.80. The predicted molar refractivity (Wildman–Crippen MR) is 50.2 cm³/mol. The normalized spacial score (nSPS) is 10.6. The highest BCUT2D eigenvalue weighted by Crippen LogP contribution is 2.09. The van der Waals surface area contributed by atoms with Crippen LogP contribution in [0.25, 0.3) is 0 Å². The Hall–Kier alpha value is -1.45. The zero-order valence-electron chi connectivity index (χ0n) is 7.05. The Labute approximate surface area is 76.9 Å². The lowest BCUT2D eigenvalue weighted by Gasteiger charge is -2.15. The van der Waals surface area contributed by atoms with Crippen molar-refractivity contribution in [3.8, 4) is 0 Å². The molecule has 65 valence electrons. The van der Waals surface area contributed by atoms with Crippen molar-refractivity contribution in [1.82, 2.24) is 9.13 Å². The molecule has 0 spiro atoms. The second-order valence-corrected chi connectivity index (χ2v) is 2.80. The lowest BCUT2D eigenvalue weighted by atomic mass is 9.99. The SMILES string of the molecule is F[B]C(n1cccc1)n1cccc1. The first kappa shape index (κ1) is 8.17. The molecule has 0 N–H and O–H groups in total. The van der Waals surface area contributed by atoms with Crippen LogP contribution >= 0.6 is 0 Å². The summed E-state index contributed by atoms with van der Waals surface area (Å²) in [5.74, 6) is 0. The molecule has 4 heteroatoms. The van der Waals surface area contributed by atoms with Crippen LogP contribution in [0.2, 0.25) is 0 Å². The van der Waals surface area contributed by atoms with Crippen molar-refractivity contribution >= 4 is 7.56 Å². The molecule has 2 rings (SSSR count). The van der Waals surface area contributed by atoms with Crippen LogP contribution in [0.4, 0.5) is 4.32 Å². The van der Waals surface area contributed by atoms with Crippen molar-refractivity contribution < 1.29 is 4.32 Å². The fraction of sp³-hybridized carbons (Fsp3) is 0.111. The van der Waals surface area contributed by atoms with Crippen molar-refractivity contribution in [2.75, 3.05) is 0 Å². The first-order valence-corrected chi connectivity index (χ1v) is 4.10. The van der Waals surface area contributed by atoms with Crippen molar-refractivity contribution in [3.05, 3.63) is 49.1 Å². The number of nitrogens with zero attached hydrogens (tertiary/aromatic N) is 2. The highest BCUT2D eigenvalue weighted by molar-refractivity contribution is 6.27. The van der Waals surface area contributed by atoms with Gasteiger partial charge in [0.05, 0.1) is 0 Å². The molecule has 2 aromatic heterocycles. The van der Waals surface area contributed by atoms with E-state index in [2.05, 4.69) is 0 Å². The Morgan fingerprint density at radius 2 is 1.23 bits per heavy atom. The number of rotatable bonds is 3. The quantitative estimate of drug-likeness (QED) is 0.630. The topological polar surface area (TPSA) is 9.86 Å². The van der Waals surface area contributed by atoms with Crippen LogP contribution in [0, 0.1) is 0 Å². The van der Waals surface area contributed by atoms with Gasteiger partial charge in [-0.15, -0.1) is 0 Å². The van der Waals surface area contributed by atoms with Crippen molar-refractivity contribution in [2.45, 2.75) is 6.07 Å². The Balaban J connectivity index is 2.29. The van der Waals surface area contributed by atoms with Gasteiger partial charge in [0, 0.05) is 24.8 Å². The summed E-state index contributed by atoms with van der Waals surface area (Å²) in [6.07, 6.45) is 7.34. The molecular formula is C9H9BFN2. The third kappa shape index (κ3) is 1.52. The van der Waals surface area contributed by atoms with E-state index in [1.165, 1.54) is 0 Å². The molecule has 2 heterocycles. The summed E-state index contributed by atoms with van der Waals surface area (Å²) < 4.78 is 16.2. The molecular weight excluding hydrogens is 166 g/mol. The molecule has 0 atom stereocenters. The third-order valence-electron chi connectivity index (χ3n) is 1.98. The summed E-state index contributed by atoms with van der Waals surface area (Å²) in [4.78, 5) is 0. The predicted octanol–water partition coefficient (Wildman–Crippen LogP) is 1.88. The molecule has 0 bridgehead atoms. The first-order chi connectivity index (χ1) is 6.42. The van der Waals surface area contributed by atoms with E-state index in [9.17, 15) is 4.32 Å². The number of hydrogen-bond acceptors (Lipinski definition) is 0. The van der Waals surface area contributed by atoms with Gasteiger partial charge in [-0.1, -0.05) is 0 Å². The smallest absolute Gasteiger partial charge is 0.338 e. The largest absolute Gasteiger partial charge is 0.404 e. The summed E-state index contributed by atoms with van der Waals surface area (Å²) in [6.45, 7) is 0. The van der Waals surface area contributed by atoms with E-state index in [-0.39, 0.29) is 6.07 Å². The van der Waals surface area contributed by atoms with Gasteiger partial charge in [0.15, 0.2) is 0 Å². The fourth-order valence-electron chi connectivity index (χ4n) is 1.33. The molecule has 0 saturated carbocycles. The van der Waals surface area contributed by atoms with Crippen molar-refractivity contribution in [2.24, 2.45) is 0 Å². The average molecular weight is 175 g/mol. The summed E-state index contributed by atoms with van der Waals surface area (Å²) in [5, 5.41) is 0. The molecule has 13 heavy (non-hydrogen) atoms. The molecule has 0 unspecified atom stereocenters. The van der Waals surface area contributed by atoms with Crippen LogP contribution in [-0.2, 0) is 0 Å². The Morgan fingerprint density at radius 1 is 0.846 bits per heavy atom. The minimum atomic E-state index is -0.370. The van der Waals surface area contributed by atoms with E-state index in [0.717, 1.165) is 0 Å². The minimum absolute atomic E-state index is 0.370. The van der Waals surface area contributed by atoms with Crippen LogP contribution in [0.3, 0.4) is 0 Å². The van der Waals surface area contributed by atoms with Gasteiger partial charge in [-0.2, -0.15) is 0 Å².